The quantitative estimate of drug-likeness (QED) is 0.324. The van der Waals surface area contributed by atoms with Gasteiger partial charge in [-0.3, -0.25) is 19.6 Å². The molecule has 1 N–H and O–H groups in total. The third-order valence-corrected chi connectivity index (χ3v) is 3.46. The summed E-state index contributed by atoms with van der Waals surface area (Å²) in [4.78, 5) is 21.1. The van der Waals surface area contributed by atoms with Crippen LogP contribution in [-0.2, 0) is 11.3 Å². The molecule has 0 aromatic carbocycles. The van der Waals surface area contributed by atoms with Crippen molar-refractivity contribution in [2.24, 2.45) is 5.10 Å². The van der Waals surface area contributed by atoms with Crippen molar-refractivity contribution in [1.82, 2.24) is 15.2 Å². The van der Waals surface area contributed by atoms with Crippen molar-refractivity contribution in [1.29, 1.82) is 0 Å². The molecule has 2 rings (SSSR count). The summed E-state index contributed by atoms with van der Waals surface area (Å²) in [5.41, 5.74) is 3.37. The Morgan fingerprint density at radius 1 is 1.44 bits per heavy atom. The van der Waals surface area contributed by atoms with Gasteiger partial charge < -0.3 is 4.42 Å². The Bertz CT molecular complexity index is 762. The van der Waals surface area contributed by atoms with Crippen molar-refractivity contribution in [2.75, 3.05) is 0 Å². The number of hydrogen-bond acceptors (Lipinski definition) is 6. The molecule has 0 radical (unpaired) electrons. The van der Waals surface area contributed by atoms with Gasteiger partial charge in [-0.15, -0.1) is 0 Å². The first-order valence-corrected chi connectivity index (χ1v) is 8.13. The number of carbonyl (C=O) groups is 1. The third-order valence-electron chi connectivity index (χ3n) is 3.46. The van der Waals surface area contributed by atoms with Crippen LogP contribution in [0.5, 0.6) is 0 Å². The second-order valence-electron chi connectivity index (χ2n) is 5.58. The number of furan rings is 1. The lowest BCUT2D eigenvalue weighted by Crippen LogP contribution is -2.12. The summed E-state index contributed by atoms with van der Waals surface area (Å²) in [6.45, 7) is 4.22. The molecule has 9 nitrogen and oxygen atoms in total. The molecule has 0 aliphatic carbocycles. The number of rotatable bonds is 9. The van der Waals surface area contributed by atoms with Crippen molar-refractivity contribution in [3.05, 3.63) is 34.0 Å². The van der Waals surface area contributed by atoms with Crippen LogP contribution >= 0.6 is 0 Å². The van der Waals surface area contributed by atoms with E-state index in [-0.39, 0.29) is 17.6 Å². The van der Waals surface area contributed by atoms with Crippen LogP contribution in [0.3, 0.4) is 0 Å². The Labute approximate surface area is 144 Å². The number of aromatic nitrogens is 2. The van der Waals surface area contributed by atoms with E-state index in [0.717, 1.165) is 32.2 Å². The number of nitro groups is 1. The number of aryl methyl sites for hydroxylation is 1. The van der Waals surface area contributed by atoms with E-state index in [1.54, 1.807) is 10.9 Å². The maximum atomic E-state index is 10.9. The van der Waals surface area contributed by atoms with Crippen molar-refractivity contribution < 1.29 is 14.1 Å². The minimum absolute atomic E-state index is 0.281. The Morgan fingerprint density at radius 3 is 2.88 bits per heavy atom. The number of hydrazone groups is 1. The zero-order valence-electron chi connectivity index (χ0n) is 14.3. The minimum Gasteiger partial charge on any atom is -0.399 e. The van der Waals surface area contributed by atoms with E-state index in [2.05, 4.69) is 22.5 Å². The van der Waals surface area contributed by atoms with Crippen LogP contribution < -0.4 is 5.43 Å². The van der Waals surface area contributed by atoms with Gasteiger partial charge in [0.25, 0.3) is 0 Å². The molecule has 9 heteroatoms. The summed E-state index contributed by atoms with van der Waals surface area (Å²) in [7, 11) is 0. The van der Waals surface area contributed by atoms with E-state index >= 15 is 0 Å². The van der Waals surface area contributed by atoms with Crippen LogP contribution in [0.15, 0.2) is 27.8 Å². The van der Waals surface area contributed by atoms with Gasteiger partial charge in [0, 0.05) is 25.2 Å². The number of hydrogen-bond donors (Lipinski definition) is 1. The Kier molecular flexibility index (Phi) is 6.44. The summed E-state index contributed by atoms with van der Waals surface area (Å²) in [5.74, 6) is -0.362. The van der Waals surface area contributed by atoms with Crippen molar-refractivity contribution >= 4 is 18.0 Å². The standard InChI is InChI=1S/C16H21N5O4/c1-3-4-5-6-9-20-11-13(10-17-18-12(2)22)16(19-20)14-7-8-15(25-14)21(23)24/h7-8,10-11H,3-6,9H2,1-2H3,(H,18,22). The van der Waals surface area contributed by atoms with Gasteiger partial charge in [0.1, 0.15) is 10.6 Å². The van der Waals surface area contributed by atoms with Crippen molar-refractivity contribution in [3.63, 3.8) is 0 Å². The Balaban J connectivity index is 2.23. The van der Waals surface area contributed by atoms with E-state index in [1.807, 2.05) is 0 Å². The van der Waals surface area contributed by atoms with Gasteiger partial charge in [-0.1, -0.05) is 26.2 Å². The van der Waals surface area contributed by atoms with E-state index in [0.29, 0.717) is 11.3 Å². The van der Waals surface area contributed by atoms with Gasteiger partial charge in [0.05, 0.1) is 12.3 Å². The first-order chi connectivity index (χ1) is 12.0. The summed E-state index contributed by atoms with van der Waals surface area (Å²) < 4.78 is 6.99. The molecular weight excluding hydrogens is 326 g/mol. The van der Waals surface area contributed by atoms with Crippen LogP contribution in [0.4, 0.5) is 5.88 Å². The summed E-state index contributed by atoms with van der Waals surface area (Å²) in [6, 6.07) is 2.78. The van der Waals surface area contributed by atoms with Crippen LogP contribution in [0.2, 0.25) is 0 Å². The maximum Gasteiger partial charge on any atom is 0.433 e. The second kappa shape index (κ2) is 8.76. The monoisotopic (exact) mass is 347 g/mol. The predicted octanol–water partition coefficient (Wildman–Crippen LogP) is 3.10. The first kappa shape index (κ1) is 18.4. The molecule has 25 heavy (non-hydrogen) atoms. The molecule has 0 unspecified atom stereocenters. The van der Waals surface area contributed by atoms with Crippen LogP contribution in [0.25, 0.3) is 11.5 Å². The molecule has 0 saturated heterocycles. The van der Waals surface area contributed by atoms with Gasteiger partial charge in [-0.2, -0.15) is 10.2 Å². The summed E-state index contributed by atoms with van der Waals surface area (Å²) in [5, 5.41) is 19.1. The smallest absolute Gasteiger partial charge is 0.399 e. The molecule has 0 atom stereocenters. The highest BCUT2D eigenvalue weighted by Crippen LogP contribution is 2.27. The summed E-state index contributed by atoms with van der Waals surface area (Å²) in [6.07, 6.45) is 7.62. The second-order valence-corrected chi connectivity index (χ2v) is 5.58. The van der Waals surface area contributed by atoms with E-state index in [1.165, 1.54) is 25.3 Å². The topological polar surface area (TPSA) is 116 Å². The lowest BCUT2D eigenvalue weighted by atomic mass is 10.2. The normalized spacial score (nSPS) is 11.1. The molecule has 2 heterocycles. The SMILES string of the molecule is CCCCCCn1cc(C=NNC(C)=O)c(-c2ccc([N+](=O)[O-])o2)n1. The summed E-state index contributed by atoms with van der Waals surface area (Å²) >= 11 is 0. The molecule has 1 amide bonds. The molecule has 0 spiro atoms. The highest BCUT2D eigenvalue weighted by molar-refractivity contribution is 5.88. The van der Waals surface area contributed by atoms with Crippen LogP contribution in [0.1, 0.15) is 45.1 Å². The van der Waals surface area contributed by atoms with Gasteiger partial charge in [0.15, 0.2) is 5.76 Å². The molecule has 0 fully saturated rings. The highest BCUT2D eigenvalue weighted by atomic mass is 16.6. The zero-order valence-corrected chi connectivity index (χ0v) is 14.3. The van der Waals surface area contributed by atoms with E-state index in [9.17, 15) is 14.9 Å². The fourth-order valence-electron chi connectivity index (χ4n) is 2.28. The number of unbranched alkanes of at least 4 members (excludes halogenated alkanes) is 3. The molecule has 0 bridgehead atoms. The lowest BCUT2D eigenvalue weighted by molar-refractivity contribution is -0.401. The van der Waals surface area contributed by atoms with Gasteiger partial charge >= 0.3 is 5.88 Å². The molecule has 2 aromatic rings. The molecule has 134 valence electrons. The minimum atomic E-state index is -0.601. The average molecular weight is 347 g/mol. The van der Waals surface area contributed by atoms with Gasteiger partial charge in [-0.25, -0.2) is 5.43 Å². The number of nitrogens with one attached hydrogen (secondary N) is 1. The molecule has 0 saturated carbocycles. The van der Waals surface area contributed by atoms with Crippen molar-refractivity contribution in [3.8, 4) is 11.5 Å². The highest BCUT2D eigenvalue weighted by Gasteiger charge is 2.18. The van der Waals surface area contributed by atoms with Gasteiger partial charge in [0.2, 0.25) is 5.91 Å². The predicted molar refractivity (Wildman–Crippen MR) is 92.1 cm³/mol. The molecule has 0 aliphatic heterocycles. The third kappa shape index (κ3) is 5.27. The van der Waals surface area contributed by atoms with Crippen LogP contribution in [-0.4, -0.2) is 26.8 Å². The van der Waals surface area contributed by atoms with Crippen molar-refractivity contribution in [2.45, 2.75) is 46.1 Å². The first-order valence-electron chi connectivity index (χ1n) is 8.13. The fraction of sp³-hybridized carbons (Fsp3) is 0.438. The zero-order chi connectivity index (χ0) is 18.2. The number of amides is 1. The maximum absolute atomic E-state index is 10.9. The van der Waals surface area contributed by atoms with E-state index < -0.39 is 4.92 Å². The largest absolute Gasteiger partial charge is 0.433 e. The molecule has 0 aliphatic rings. The molecule has 2 aromatic heterocycles. The van der Waals surface area contributed by atoms with Crippen LogP contribution in [0, 0.1) is 10.1 Å². The van der Waals surface area contributed by atoms with E-state index in [4.69, 9.17) is 4.42 Å². The Hall–Kier alpha value is -2.97. The fourth-order valence-corrected chi connectivity index (χ4v) is 2.28. The molecular formula is C16H21N5O4. The lowest BCUT2D eigenvalue weighted by Gasteiger charge is -2.00. The Morgan fingerprint density at radius 2 is 2.24 bits per heavy atom. The average Bonchev–Trinajstić information content (AvgIpc) is 3.18. The number of nitrogens with zero attached hydrogens (tertiary/aromatic N) is 4. The number of carbonyl (C=O) groups excluding carboxylic acids is 1. The van der Waals surface area contributed by atoms with Gasteiger partial charge in [-0.05, 0) is 12.5 Å².